The van der Waals surface area contributed by atoms with Crippen LogP contribution in [0.25, 0.3) is 0 Å². The molecule has 26 heavy (non-hydrogen) atoms. The van der Waals surface area contributed by atoms with Crippen LogP contribution in [0.4, 0.5) is 0 Å². The fourth-order valence-corrected chi connectivity index (χ4v) is 4.56. The number of carbonyl (C=O) groups is 1. The number of ether oxygens (including phenoxy) is 1. The van der Waals surface area contributed by atoms with Crippen LogP contribution >= 0.6 is 0 Å². The van der Waals surface area contributed by atoms with E-state index < -0.39 is 16.0 Å². The number of aliphatic carboxylic acids is 1. The molecule has 7 nitrogen and oxygen atoms in total. The van der Waals surface area contributed by atoms with Crippen LogP contribution in [-0.4, -0.2) is 56.2 Å². The van der Waals surface area contributed by atoms with Crippen LogP contribution in [0.2, 0.25) is 0 Å². The van der Waals surface area contributed by atoms with Crippen LogP contribution in [0.3, 0.4) is 0 Å². The number of sulfonamides is 1. The fourth-order valence-electron chi connectivity index (χ4n) is 3.30. The van der Waals surface area contributed by atoms with E-state index in [1.165, 1.54) is 12.1 Å². The third-order valence-electron chi connectivity index (χ3n) is 4.92. The van der Waals surface area contributed by atoms with Gasteiger partial charge in [0.1, 0.15) is 5.75 Å². The van der Waals surface area contributed by atoms with E-state index in [1.54, 1.807) is 12.1 Å². The SMILES string of the molecule is CCOc1ccc(S(=O)(=O)NC2CC(N(CC(=O)O)CC3CC3)C2)cc1. The molecule has 2 saturated carbocycles. The van der Waals surface area contributed by atoms with E-state index in [1.807, 2.05) is 11.8 Å². The molecule has 2 fully saturated rings. The molecule has 0 heterocycles. The van der Waals surface area contributed by atoms with E-state index in [0.717, 1.165) is 19.4 Å². The van der Waals surface area contributed by atoms with E-state index in [2.05, 4.69) is 4.72 Å². The number of benzene rings is 1. The van der Waals surface area contributed by atoms with Gasteiger partial charge in [-0.05, 0) is 62.8 Å². The van der Waals surface area contributed by atoms with Crippen molar-refractivity contribution in [2.24, 2.45) is 5.92 Å². The van der Waals surface area contributed by atoms with Gasteiger partial charge in [-0.2, -0.15) is 0 Å². The van der Waals surface area contributed by atoms with Crippen molar-refractivity contribution in [3.8, 4) is 5.75 Å². The third-order valence-corrected chi connectivity index (χ3v) is 6.46. The zero-order valence-electron chi connectivity index (χ0n) is 14.9. The standard InChI is InChI=1S/C18H26N2O5S/c1-2-25-16-5-7-17(8-6-16)26(23,24)19-14-9-15(10-14)20(12-18(21)22)11-13-3-4-13/h5-8,13-15,19H,2-4,9-12H2,1H3,(H,21,22). The minimum absolute atomic E-state index is 0.0273. The molecule has 2 aliphatic carbocycles. The topological polar surface area (TPSA) is 95.9 Å². The van der Waals surface area contributed by atoms with E-state index in [-0.39, 0.29) is 23.5 Å². The highest BCUT2D eigenvalue weighted by molar-refractivity contribution is 7.89. The maximum Gasteiger partial charge on any atom is 0.317 e. The molecule has 0 aliphatic heterocycles. The highest BCUT2D eigenvalue weighted by atomic mass is 32.2. The van der Waals surface area contributed by atoms with Crippen LogP contribution < -0.4 is 9.46 Å². The largest absolute Gasteiger partial charge is 0.494 e. The molecule has 0 saturated heterocycles. The lowest BCUT2D eigenvalue weighted by atomic mass is 9.86. The number of carboxylic acids is 1. The Morgan fingerprint density at radius 3 is 2.46 bits per heavy atom. The quantitative estimate of drug-likeness (QED) is 0.639. The van der Waals surface area contributed by atoms with Crippen molar-refractivity contribution in [2.75, 3.05) is 19.7 Å². The van der Waals surface area contributed by atoms with Gasteiger partial charge in [0.2, 0.25) is 10.0 Å². The normalized spacial score (nSPS) is 22.8. The predicted octanol–water partition coefficient (Wildman–Crippen LogP) is 1.69. The van der Waals surface area contributed by atoms with Crippen molar-refractivity contribution in [1.82, 2.24) is 9.62 Å². The van der Waals surface area contributed by atoms with Crippen LogP contribution in [0.15, 0.2) is 29.2 Å². The summed E-state index contributed by atoms with van der Waals surface area (Å²) in [6.45, 7) is 3.23. The molecule has 0 atom stereocenters. The molecule has 0 radical (unpaired) electrons. The Morgan fingerprint density at radius 2 is 1.92 bits per heavy atom. The molecular formula is C18H26N2O5S. The summed E-state index contributed by atoms with van der Waals surface area (Å²) in [5, 5.41) is 9.08. The summed E-state index contributed by atoms with van der Waals surface area (Å²) in [6, 6.07) is 6.35. The molecule has 0 aromatic heterocycles. The summed E-state index contributed by atoms with van der Waals surface area (Å²) in [4.78, 5) is 13.3. The van der Waals surface area contributed by atoms with Crippen molar-refractivity contribution < 1.29 is 23.1 Å². The van der Waals surface area contributed by atoms with Gasteiger partial charge < -0.3 is 9.84 Å². The van der Waals surface area contributed by atoms with Crippen LogP contribution in [0, 0.1) is 5.92 Å². The Kier molecular flexibility index (Phi) is 5.84. The molecular weight excluding hydrogens is 356 g/mol. The first kappa shape index (κ1) is 19.1. The lowest BCUT2D eigenvalue weighted by Gasteiger charge is -2.42. The number of hydrogen-bond acceptors (Lipinski definition) is 5. The number of nitrogens with zero attached hydrogens (tertiary/aromatic N) is 1. The zero-order chi connectivity index (χ0) is 18.7. The summed E-state index contributed by atoms with van der Waals surface area (Å²) < 4.78 is 33.0. The first-order chi connectivity index (χ1) is 12.4. The van der Waals surface area contributed by atoms with Gasteiger partial charge >= 0.3 is 5.97 Å². The van der Waals surface area contributed by atoms with Gasteiger partial charge in [-0.25, -0.2) is 13.1 Å². The van der Waals surface area contributed by atoms with Crippen molar-refractivity contribution in [2.45, 2.75) is 49.6 Å². The Balaban J connectivity index is 1.53. The van der Waals surface area contributed by atoms with E-state index >= 15 is 0 Å². The second-order valence-electron chi connectivity index (χ2n) is 7.11. The van der Waals surface area contributed by atoms with E-state index in [9.17, 15) is 13.2 Å². The molecule has 0 amide bonds. The van der Waals surface area contributed by atoms with E-state index in [0.29, 0.717) is 31.1 Å². The number of nitrogens with one attached hydrogen (secondary N) is 1. The molecule has 3 rings (SSSR count). The van der Waals surface area contributed by atoms with Crippen LogP contribution in [0.1, 0.15) is 32.6 Å². The molecule has 1 aromatic rings. The number of hydrogen-bond donors (Lipinski definition) is 2. The van der Waals surface area contributed by atoms with Gasteiger partial charge in [0.25, 0.3) is 0 Å². The van der Waals surface area contributed by atoms with Gasteiger partial charge in [-0.1, -0.05) is 0 Å². The minimum Gasteiger partial charge on any atom is -0.494 e. The lowest BCUT2D eigenvalue weighted by molar-refractivity contribution is -0.139. The summed E-state index contributed by atoms with van der Waals surface area (Å²) in [6.07, 6.45) is 3.62. The zero-order valence-corrected chi connectivity index (χ0v) is 15.7. The third kappa shape index (κ3) is 4.96. The average Bonchev–Trinajstić information content (AvgIpc) is 3.34. The molecule has 2 N–H and O–H groups in total. The number of carboxylic acid groups (broad SMARTS) is 1. The summed E-state index contributed by atoms with van der Waals surface area (Å²) in [5.41, 5.74) is 0. The Bertz CT molecular complexity index is 724. The highest BCUT2D eigenvalue weighted by Crippen LogP contribution is 2.34. The van der Waals surface area contributed by atoms with Gasteiger partial charge in [-0.15, -0.1) is 0 Å². The van der Waals surface area contributed by atoms with Crippen LogP contribution in [-0.2, 0) is 14.8 Å². The second kappa shape index (κ2) is 7.94. The Morgan fingerprint density at radius 1 is 1.27 bits per heavy atom. The second-order valence-corrected chi connectivity index (χ2v) is 8.83. The molecule has 8 heteroatoms. The number of rotatable bonds is 10. The smallest absolute Gasteiger partial charge is 0.317 e. The highest BCUT2D eigenvalue weighted by Gasteiger charge is 2.38. The molecule has 144 valence electrons. The Labute approximate surface area is 154 Å². The maximum absolute atomic E-state index is 12.5. The average molecular weight is 382 g/mol. The fraction of sp³-hybridized carbons (Fsp3) is 0.611. The van der Waals surface area contributed by atoms with Crippen molar-refractivity contribution >= 4 is 16.0 Å². The Hall–Kier alpha value is -1.64. The molecule has 1 aromatic carbocycles. The first-order valence-corrected chi connectivity index (χ1v) is 10.6. The summed E-state index contributed by atoms with van der Waals surface area (Å²) in [5.74, 6) is 0.414. The van der Waals surface area contributed by atoms with Crippen molar-refractivity contribution in [3.05, 3.63) is 24.3 Å². The van der Waals surface area contributed by atoms with Crippen molar-refractivity contribution in [3.63, 3.8) is 0 Å². The molecule has 0 bridgehead atoms. The van der Waals surface area contributed by atoms with Gasteiger partial charge in [-0.3, -0.25) is 9.69 Å². The lowest BCUT2D eigenvalue weighted by Crippen LogP contribution is -2.55. The van der Waals surface area contributed by atoms with Gasteiger partial charge in [0.15, 0.2) is 0 Å². The molecule has 0 spiro atoms. The maximum atomic E-state index is 12.5. The van der Waals surface area contributed by atoms with Crippen molar-refractivity contribution in [1.29, 1.82) is 0 Å². The monoisotopic (exact) mass is 382 g/mol. The first-order valence-electron chi connectivity index (χ1n) is 9.08. The minimum atomic E-state index is -3.58. The molecule has 0 unspecified atom stereocenters. The van der Waals surface area contributed by atoms with Crippen LogP contribution in [0.5, 0.6) is 5.75 Å². The summed E-state index contributed by atoms with van der Waals surface area (Å²) in [7, 11) is -3.58. The van der Waals surface area contributed by atoms with Gasteiger partial charge in [0, 0.05) is 18.6 Å². The van der Waals surface area contributed by atoms with E-state index in [4.69, 9.17) is 9.84 Å². The van der Waals surface area contributed by atoms with Gasteiger partial charge in [0.05, 0.1) is 18.0 Å². The summed E-state index contributed by atoms with van der Waals surface area (Å²) >= 11 is 0. The predicted molar refractivity (Wildman–Crippen MR) is 96.7 cm³/mol. The molecule has 2 aliphatic rings.